The molecule has 6 heteroatoms. The Morgan fingerprint density at radius 2 is 0.923 bits per heavy atom. The van der Waals surface area contributed by atoms with Gasteiger partial charge in [-0.05, 0) is 47.8 Å². The van der Waals surface area contributed by atoms with Crippen LogP contribution in [0.4, 0.5) is 0 Å². The van der Waals surface area contributed by atoms with Gasteiger partial charge in [0.05, 0.1) is 0 Å². The van der Waals surface area contributed by atoms with E-state index in [0.717, 1.165) is 0 Å². The molecule has 1 aromatic carbocycles. The first kappa shape index (κ1) is 13.6. The first-order valence-electron chi connectivity index (χ1n) is 3.16. The van der Waals surface area contributed by atoms with Crippen LogP contribution in [0.1, 0.15) is 0 Å². The summed E-state index contributed by atoms with van der Waals surface area (Å²) >= 11 is 8.34. The molecule has 0 heterocycles. The summed E-state index contributed by atoms with van der Waals surface area (Å²) in [6.45, 7) is 0. The lowest BCUT2D eigenvalue weighted by Gasteiger charge is -1.96. The van der Waals surface area contributed by atoms with E-state index in [2.05, 4.69) is 47.8 Å². The minimum Gasteiger partial charge on any atom is -0.229 e. The summed E-state index contributed by atoms with van der Waals surface area (Å²) in [6, 6.07) is 12.0. The second-order valence-corrected chi connectivity index (χ2v) is 11.7. The fourth-order valence-corrected chi connectivity index (χ4v) is 0.385. The summed E-state index contributed by atoms with van der Waals surface area (Å²) in [6.07, 6.45) is 0. The topological polar surface area (TPSA) is 34.1 Å². The van der Waals surface area contributed by atoms with Gasteiger partial charge in [0.15, 0.2) is 10.7 Å². The summed E-state index contributed by atoms with van der Waals surface area (Å²) < 4.78 is 18.7. The second-order valence-electron chi connectivity index (χ2n) is 1.88. The van der Waals surface area contributed by atoms with E-state index in [4.69, 9.17) is 0 Å². The molecule has 74 valence electrons. The van der Waals surface area contributed by atoms with Crippen molar-refractivity contribution >= 4 is 58.5 Å². The molecule has 13 heavy (non-hydrogen) atoms. The normalized spacial score (nSPS) is 10.5. The van der Waals surface area contributed by atoms with Gasteiger partial charge in [-0.3, -0.25) is 0 Å². The molecule has 0 fully saturated rings. The summed E-state index contributed by atoms with van der Waals surface area (Å²) in [5.74, 6) is 0. The van der Waals surface area contributed by atoms with Gasteiger partial charge in [0.2, 0.25) is 1.47 Å². The van der Waals surface area contributed by atoms with Crippen molar-refractivity contribution in [3.05, 3.63) is 36.4 Å². The average molecular weight is 395 g/mol. The maximum atomic E-state index is 9.92. The van der Waals surface area contributed by atoms with E-state index in [-0.39, 0.29) is 0 Å². The minimum atomic E-state index is -2.49. The van der Waals surface area contributed by atoms with Gasteiger partial charge in [0.25, 0.3) is 0 Å². The molecule has 0 N–H and O–H groups in total. The molecule has 1 aromatic rings. The first-order valence-corrected chi connectivity index (χ1v) is 6.71. The van der Waals surface area contributed by atoms with Gasteiger partial charge >= 0.3 is 0 Å². The summed E-state index contributed by atoms with van der Waals surface area (Å²) in [5.41, 5.74) is 0. The van der Waals surface area contributed by atoms with E-state index in [1.54, 1.807) is 0 Å². The van der Waals surface area contributed by atoms with Gasteiger partial charge in [-0.2, -0.15) is 0 Å². The fraction of sp³-hybridized carbons (Fsp3) is 0.143. The molecule has 0 aliphatic rings. The Morgan fingerprint density at radius 1 is 0.769 bits per heavy atom. The van der Waals surface area contributed by atoms with Crippen molar-refractivity contribution in [1.82, 2.24) is 0 Å². The highest BCUT2D eigenvalue weighted by Gasteiger charge is 2.20. The number of alkyl halides is 3. The Kier molecular flexibility index (Phi) is 7.30. The molecule has 2 nitrogen and oxygen atoms in total. The van der Waals surface area contributed by atoms with Crippen molar-refractivity contribution in [2.45, 2.75) is 1.47 Å². The maximum absolute atomic E-state index is 9.92. The van der Waals surface area contributed by atoms with Gasteiger partial charge in [0.1, 0.15) is 0 Å². The third-order valence-electron chi connectivity index (χ3n) is 0.874. The number of hydrogen-bond donors (Lipinski definition) is 1. The van der Waals surface area contributed by atoms with E-state index in [0.29, 0.717) is 0 Å². The van der Waals surface area contributed by atoms with Crippen LogP contribution in [0.3, 0.4) is 0 Å². The number of hydrogen-bond acceptors (Lipinski definition) is 2. The highest BCUT2D eigenvalue weighted by atomic mass is 80.0. The number of halogens is 3. The predicted octanol–water partition coefficient (Wildman–Crippen LogP) is 3.08. The molecule has 0 aromatic heterocycles. The van der Waals surface area contributed by atoms with Crippen LogP contribution in [0.15, 0.2) is 36.4 Å². The second kappa shape index (κ2) is 6.98. The summed E-state index contributed by atoms with van der Waals surface area (Å²) in [4.78, 5) is 0. The van der Waals surface area contributed by atoms with Crippen molar-refractivity contribution in [3.63, 3.8) is 0 Å². The zero-order chi connectivity index (χ0) is 10.3. The molecule has 1 rings (SSSR count). The lowest BCUT2D eigenvalue weighted by Crippen LogP contribution is -1.99. The van der Waals surface area contributed by atoms with Crippen molar-refractivity contribution in [1.29, 1.82) is 0 Å². The SMILES string of the molecule is O=[SH](=O)C(Br)(Br)Br.c1ccccc1. The van der Waals surface area contributed by atoms with Gasteiger partial charge in [-0.25, -0.2) is 8.42 Å². The highest BCUT2D eigenvalue weighted by Crippen LogP contribution is 2.33. The molecular weight excluding hydrogens is 388 g/mol. The average Bonchev–Trinajstić information content (AvgIpc) is 2.07. The number of thiol groups is 1. The van der Waals surface area contributed by atoms with Crippen LogP contribution in [0.2, 0.25) is 0 Å². The van der Waals surface area contributed by atoms with Crippen molar-refractivity contribution in [2.24, 2.45) is 0 Å². The highest BCUT2D eigenvalue weighted by molar-refractivity contribution is 9.42. The van der Waals surface area contributed by atoms with E-state index in [9.17, 15) is 8.42 Å². The van der Waals surface area contributed by atoms with Gasteiger partial charge in [-0.15, -0.1) is 0 Å². The van der Waals surface area contributed by atoms with E-state index in [1.807, 2.05) is 36.4 Å². The Morgan fingerprint density at radius 3 is 1.00 bits per heavy atom. The summed E-state index contributed by atoms with van der Waals surface area (Å²) in [7, 11) is -2.49. The molecule has 0 amide bonds. The number of rotatable bonds is 0. The Bertz CT molecular complexity index is 258. The van der Waals surface area contributed by atoms with Gasteiger partial charge < -0.3 is 0 Å². The van der Waals surface area contributed by atoms with E-state index in [1.165, 1.54) is 0 Å². The van der Waals surface area contributed by atoms with E-state index < -0.39 is 12.2 Å². The molecule has 0 atom stereocenters. The standard InChI is InChI=1S/C6H6.CHBr3O2S/c1-2-4-6-5-3-1;2-1(3,4)7(5)6/h1-6H;7H. The molecule has 0 unspecified atom stereocenters. The van der Waals surface area contributed by atoms with Crippen LogP contribution in [0, 0.1) is 0 Å². The monoisotopic (exact) mass is 392 g/mol. The fourth-order valence-electron chi connectivity index (χ4n) is 0.385. The van der Waals surface area contributed by atoms with Crippen LogP contribution < -0.4 is 0 Å². The lowest BCUT2D eigenvalue weighted by molar-refractivity contribution is 0.617. The summed E-state index contributed by atoms with van der Waals surface area (Å²) in [5, 5.41) is 0. The third-order valence-corrected chi connectivity index (χ3v) is 3.89. The molecule has 0 spiro atoms. The predicted molar refractivity (Wildman–Crippen MR) is 66.3 cm³/mol. The molecule has 0 radical (unpaired) electrons. The zero-order valence-corrected chi connectivity index (χ0v) is 12.0. The first-order chi connectivity index (χ1) is 5.94. The molecule has 0 bridgehead atoms. The smallest absolute Gasteiger partial charge is 0.229 e. The maximum Gasteiger partial charge on any atom is 0.232 e. The van der Waals surface area contributed by atoms with Crippen LogP contribution in [-0.2, 0) is 10.7 Å². The Balaban J connectivity index is 0.000000223. The zero-order valence-electron chi connectivity index (χ0n) is 6.36. The van der Waals surface area contributed by atoms with Crippen LogP contribution >= 0.6 is 47.8 Å². The molecule has 0 aliphatic heterocycles. The Hall–Kier alpha value is 0.610. The quantitative estimate of drug-likeness (QED) is 0.542. The molecule has 0 saturated heterocycles. The molecular formula is C7H7Br3O2S. The van der Waals surface area contributed by atoms with Crippen LogP contribution in [0.5, 0.6) is 0 Å². The van der Waals surface area contributed by atoms with Gasteiger partial charge in [-0.1, -0.05) is 36.4 Å². The molecule has 0 aliphatic carbocycles. The van der Waals surface area contributed by atoms with Crippen molar-refractivity contribution < 1.29 is 8.42 Å². The Labute approximate surface area is 104 Å². The van der Waals surface area contributed by atoms with Crippen molar-refractivity contribution in [2.75, 3.05) is 0 Å². The van der Waals surface area contributed by atoms with Crippen LogP contribution in [-0.4, -0.2) is 9.89 Å². The number of benzene rings is 1. The van der Waals surface area contributed by atoms with E-state index >= 15 is 0 Å². The minimum absolute atomic E-state index is 1.11. The molecule has 0 saturated carbocycles. The largest absolute Gasteiger partial charge is 0.232 e. The lowest BCUT2D eigenvalue weighted by atomic mass is 10.4. The van der Waals surface area contributed by atoms with Gasteiger partial charge in [0, 0.05) is 0 Å². The van der Waals surface area contributed by atoms with Crippen LogP contribution in [0.25, 0.3) is 0 Å². The van der Waals surface area contributed by atoms with Crippen molar-refractivity contribution in [3.8, 4) is 0 Å². The third kappa shape index (κ3) is 8.93.